The molecule has 0 saturated heterocycles. The molecule has 6 heteroatoms. The lowest BCUT2D eigenvalue weighted by molar-refractivity contribution is 0.00330. The predicted octanol–water partition coefficient (Wildman–Crippen LogP) is 3.20. The predicted molar refractivity (Wildman–Crippen MR) is 82.9 cm³/mol. The van der Waals surface area contributed by atoms with Gasteiger partial charge in [-0.2, -0.15) is 5.10 Å². The molecular formula is C17H19F2N3O. The summed E-state index contributed by atoms with van der Waals surface area (Å²) in [6.07, 6.45) is 0.272. The lowest BCUT2D eigenvalue weighted by Gasteiger charge is -2.34. The highest BCUT2D eigenvalue weighted by molar-refractivity contribution is 5.95. The Morgan fingerprint density at radius 1 is 1.35 bits per heavy atom. The Hall–Kier alpha value is -2.24. The summed E-state index contributed by atoms with van der Waals surface area (Å²) in [5.74, 6) is -0.549. The van der Waals surface area contributed by atoms with E-state index in [9.17, 15) is 13.6 Å². The fourth-order valence-corrected chi connectivity index (χ4v) is 2.95. The third kappa shape index (κ3) is 3.25. The number of rotatable bonds is 5. The molecule has 2 aromatic rings. The van der Waals surface area contributed by atoms with Crippen molar-refractivity contribution in [3.05, 3.63) is 47.8 Å². The van der Waals surface area contributed by atoms with Crippen LogP contribution in [0.25, 0.3) is 5.69 Å². The number of aromatic nitrogens is 2. The Balaban J connectivity index is 1.60. The fraction of sp³-hybridized carbons (Fsp3) is 0.412. The molecule has 1 heterocycles. The first-order chi connectivity index (χ1) is 11.1. The second kappa shape index (κ2) is 6.48. The zero-order valence-electron chi connectivity index (χ0n) is 12.9. The van der Waals surface area contributed by atoms with Gasteiger partial charge in [0.2, 0.25) is 6.43 Å². The third-order valence-corrected chi connectivity index (χ3v) is 4.43. The number of hydrogen-bond acceptors (Lipinski definition) is 2. The number of benzene rings is 1. The van der Waals surface area contributed by atoms with E-state index in [1.165, 1.54) is 0 Å². The Labute approximate surface area is 133 Å². The van der Waals surface area contributed by atoms with Gasteiger partial charge in [-0.15, -0.1) is 0 Å². The lowest BCUT2D eigenvalue weighted by atomic mass is 9.75. The number of carbonyl (C=O) groups excluding carboxylic acids is 1. The van der Waals surface area contributed by atoms with E-state index >= 15 is 0 Å². The molecule has 0 radical (unpaired) electrons. The van der Waals surface area contributed by atoms with E-state index in [2.05, 4.69) is 10.4 Å². The normalized spacial score (nSPS) is 20.3. The molecule has 0 bridgehead atoms. The number of halogens is 2. The lowest BCUT2D eigenvalue weighted by Crippen LogP contribution is -2.38. The molecule has 1 saturated carbocycles. The highest BCUT2D eigenvalue weighted by Crippen LogP contribution is 2.37. The minimum absolute atomic E-state index is 0.155. The van der Waals surface area contributed by atoms with E-state index in [-0.39, 0.29) is 11.8 Å². The average molecular weight is 319 g/mol. The summed E-state index contributed by atoms with van der Waals surface area (Å²) in [4.78, 5) is 12.3. The molecule has 4 nitrogen and oxygen atoms in total. The molecule has 122 valence electrons. The minimum Gasteiger partial charge on any atom is -0.352 e. The van der Waals surface area contributed by atoms with E-state index in [0.29, 0.717) is 24.9 Å². The maximum atomic E-state index is 12.4. The molecule has 1 fully saturated rings. The van der Waals surface area contributed by atoms with E-state index in [1.807, 2.05) is 37.3 Å². The van der Waals surface area contributed by atoms with Crippen molar-refractivity contribution in [2.45, 2.75) is 26.2 Å². The van der Waals surface area contributed by atoms with Crippen LogP contribution in [0.15, 0.2) is 36.5 Å². The Kier molecular flexibility index (Phi) is 4.41. The summed E-state index contributed by atoms with van der Waals surface area (Å²) in [5.41, 5.74) is 2.16. The molecule has 1 aromatic heterocycles. The molecular weight excluding hydrogens is 300 g/mol. The van der Waals surface area contributed by atoms with Crippen LogP contribution in [-0.4, -0.2) is 28.7 Å². The van der Waals surface area contributed by atoms with Crippen LogP contribution in [-0.2, 0) is 0 Å². The van der Waals surface area contributed by atoms with Crippen molar-refractivity contribution in [3.63, 3.8) is 0 Å². The number of carbonyl (C=O) groups is 1. The quantitative estimate of drug-likeness (QED) is 0.920. The van der Waals surface area contributed by atoms with Gasteiger partial charge in [0.25, 0.3) is 5.91 Å². The van der Waals surface area contributed by atoms with Gasteiger partial charge < -0.3 is 5.32 Å². The molecule has 1 aliphatic rings. The van der Waals surface area contributed by atoms with Crippen LogP contribution >= 0.6 is 0 Å². The second-order valence-corrected chi connectivity index (χ2v) is 6.03. The van der Waals surface area contributed by atoms with Crippen LogP contribution in [0.3, 0.4) is 0 Å². The topological polar surface area (TPSA) is 46.9 Å². The van der Waals surface area contributed by atoms with E-state index < -0.39 is 12.3 Å². The molecule has 1 N–H and O–H groups in total. The van der Waals surface area contributed by atoms with Crippen molar-refractivity contribution in [3.8, 4) is 5.69 Å². The van der Waals surface area contributed by atoms with Crippen LogP contribution in [0.2, 0.25) is 0 Å². The molecule has 1 aliphatic carbocycles. The second-order valence-electron chi connectivity index (χ2n) is 6.03. The van der Waals surface area contributed by atoms with Gasteiger partial charge in [-0.25, -0.2) is 13.5 Å². The first kappa shape index (κ1) is 15.6. The largest absolute Gasteiger partial charge is 0.352 e. The summed E-state index contributed by atoms with van der Waals surface area (Å²) in [6.45, 7) is 2.28. The van der Waals surface area contributed by atoms with Gasteiger partial charge in [-0.3, -0.25) is 4.79 Å². The van der Waals surface area contributed by atoms with Gasteiger partial charge in [0, 0.05) is 12.5 Å². The molecule has 3 rings (SSSR count). The molecule has 0 spiro atoms. The number of hydrogen-bond donors (Lipinski definition) is 1. The smallest absolute Gasteiger partial charge is 0.254 e. The number of amides is 1. The summed E-state index contributed by atoms with van der Waals surface area (Å²) < 4.78 is 26.6. The van der Waals surface area contributed by atoms with Crippen molar-refractivity contribution in [2.75, 3.05) is 6.54 Å². The fourth-order valence-electron chi connectivity index (χ4n) is 2.95. The van der Waals surface area contributed by atoms with Crippen LogP contribution < -0.4 is 5.32 Å². The van der Waals surface area contributed by atoms with Gasteiger partial charge in [0.05, 0.1) is 23.1 Å². The molecule has 1 amide bonds. The first-order valence-corrected chi connectivity index (χ1v) is 7.72. The monoisotopic (exact) mass is 319 g/mol. The number of nitrogens with zero attached hydrogens (tertiary/aromatic N) is 2. The Morgan fingerprint density at radius 3 is 2.70 bits per heavy atom. The maximum Gasteiger partial charge on any atom is 0.254 e. The van der Waals surface area contributed by atoms with Crippen LogP contribution in [0.1, 0.15) is 28.9 Å². The van der Waals surface area contributed by atoms with Crippen molar-refractivity contribution in [1.82, 2.24) is 15.1 Å². The SMILES string of the molecule is Cc1c(C(=O)NCC2CC(C(F)F)C2)cnn1-c1ccccc1. The zero-order valence-corrected chi connectivity index (χ0v) is 12.9. The first-order valence-electron chi connectivity index (χ1n) is 7.72. The van der Waals surface area contributed by atoms with Crippen molar-refractivity contribution in [2.24, 2.45) is 11.8 Å². The molecule has 0 atom stereocenters. The van der Waals surface area contributed by atoms with E-state index in [1.54, 1.807) is 10.9 Å². The number of nitrogens with one attached hydrogen (secondary N) is 1. The molecule has 0 unspecified atom stereocenters. The van der Waals surface area contributed by atoms with Gasteiger partial charge in [-0.1, -0.05) is 18.2 Å². The van der Waals surface area contributed by atoms with Crippen LogP contribution in [0.5, 0.6) is 0 Å². The highest BCUT2D eigenvalue weighted by atomic mass is 19.3. The van der Waals surface area contributed by atoms with Gasteiger partial charge in [0.15, 0.2) is 0 Å². The standard InChI is InChI=1S/C17H19F2N3O/c1-11-15(10-21-22(11)14-5-3-2-4-6-14)17(23)20-9-12-7-13(8-12)16(18)19/h2-6,10,12-13,16H,7-9H2,1H3,(H,20,23). The highest BCUT2D eigenvalue weighted by Gasteiger charge is 2.35. The third-order valence-electron chi connectivity index (χ3n) is 4.43. The van der Waals surface area contributed by atoms with Crippen molar-refractivity contribution in [1.29, 1.82) is 0 Å². The molecule has 0 aliphatic heterocycles. The minimum atomic E-state index is -2.24. The van der Waals surface area contributed by atoms with Crippen molar-refractivity contribution < 1.29 is 13.6 Å². The van der Waals surface area contributed by atoms with Gasteiger partial charge >= 0.3 is 0 Å². The average Bonchev–Trinajstić information content (AvgIpc) is 2.87. The summed E-state index contributed by atoms with van der Waals surface area (Å²) in [6, 6.07) is 9.57. The molecule has 1 aromatic carbocycles. The van der Waals surface area contributed by atoms with Crippen LogP contribution in [0, 0.1) is 18.8 Å². The Bertz CT molecular complexity index is 678. The van der Waals surface area contributed by atoms with E-state index in [0.717, 1.165) is 11.4 Å². The summed E-state index contributed by atoms with van der Waals surface area (Å²) >= 11 is 0. The molecule has 23 heavy (non-hydrogen) atoms. The van der Waals surface area contributed by atoms with Crippen molar-refractivity contribution >= 4 is 5.91 Å². The Morgan fingerprint density at radius 2 is 2.04 bits per heavy atom. The summed E-state index contributed by atoms with van der Waals surface area (Å²) in [5, 5.41) is 7.09. The zero-order chi connectivity index (χ0) is 16.4. The maximum absolute atomic E-state index is 12.4. The number of para-hydroxylation sites is 1. The van der Waals surface area contributed by atoms with Crippen LogP contribution in [0.4, 0.5) is 8.78 Å². The van der Waals surface area contributed by atoms with E-state index in [4.69, 9.17) is 0 Å². The summed E-state index contributed by atoms with van der Waals surface area (Å²) in [7, 11) is 0. The number of alkyl halides is 2. The van der Waals surface area contributed by atoms with Gasteiger partial charge in [-0.05, 0) is 37.8 Å². The van der Waals surface area contributed by atoms with Gasteiger partial charge in [0.1, 0.15) is 0 Å².